The molecule has 1 aliphatic carbocycles. The first-order valence-corrected chi connectivity index (χ1v) is 6.95. The summed E-state index contributed by atoms with van der Waals surface area (Å²) in [4.78, 5) is 22.9. The summed E-state index contributed by atoms with van der Waals surface area (Å²) in [6, 6.07) is 4.96. The van der Waals surface area contributed by atoms with Crippen LogP contribution in [0.3, 0.4) is 0 Å². The van der Waals surface area contributed by atoms with Crippen molar-refractivity contribution in [3.05, 3.63) is 33.9 Å². The summed E-state index contributed by atoms with van der Waals surface area (Å²) in [6.07, 6.45) is 3.86. The van der Waals surface area contributed by atoms with Crippen molar-refractivity contribution in [1.82, 2.24) is 5.32 Å². The van der Waals surface area contributed by atoms with Gasteiger partial charge in [-0.1, -0.05) is 13.0 Å². The fourth-order valence-corrected chi connectivity index (χ4v) is 2.14. The van der Waals surface area contributed by atoms with Crippen LogP contribution < -0.4 is 10.6 Å². The SMILES string of the molecule is CCCNc1cccc(C(=O)NC2CCC2)c1[N+](=O)[O-]. The minimum atomic E-state index is -0.492. The molecule has 2 N–H and O–H groups in total. The molecule has 1 aliphatic rings. The van der Waals surface area contributed by atoms with E-state index in [0.717, 1.165) is 25.7 Å². The number of carbonyl (C=O) groups excluding carboxylic acids is 1. The van der Waals surface area contributed by atoms with Gasteiger partial charge >= 0.3 is 5.69 Å². The van der Waals surface area contributed by atoms with Crippen molar-refractivity contribution in [2.24, 2.45) is 0 Å². The number of nitro benzene ring substituents is 1. The average molecular weight is 277 g/mol. The topological polar surface area (TPSA) is 84.3 Å². The van der Waals surface area contributed by atoms with Crippen LogP contribution in [0.15, 0.2) is 18.2 Å². The lowest BCUT2D eigenvalue weighted by Crippen LogP contribution is -2.39. The van der Waals surface area contributed by atoms with Crippen molar-refractivity contribution in [2.45, 2.75) is 38.6 Å². The maximum atomic E-state index is 12.2. The predicted molar refractivity (Wildman–Crippen MR) is 77.0 cm³/mol. The number of benzene rings is 1. The zero-order valence-electron chi connectivity index (χ0n) is 11.5. The zero-order valence-corrected chi connectivity index (χ0v) is 11.5. The maximum absolute atomic E-state index is 12.2. The quantitative estimate of drug-likeness (QED) is 0.618. The van der Waals surface area contributed by atoms with Gasteiger partial charge in [0.2, 0.25) is 0 Å². The van der Waals surface area contributed by atoms with Crippen LogP contribution in [0.25, 0.3) is 0 Å². The fraction of sp³-hybridized carbons (Fsp3) is 0.500. The largest absolute Gasteiger partial charge is 0.379 e. The van der Waals surface area contributed by atoms with E-state index >= 15 is 0 Å². The second-order valence-corrected chi connectivity index (χ2v) is 4.99. The van der Waals surface area contributed by atoms with Crippen LogP contribution in [-0.4, -0.2) is 23.4 Å². The Balaban J connectivity index is 2.25. The molecule has 1 saturated carbocycles. The van der Waals surface area contributed by atoms with Crippen molar-refractivity contribution in [3.8, 4) is 0 Å². The predicted octanol–water partition coefficient (Wildman–Crippen LogP) is 2.70. The molecule has 1 aromatic carbocycles. The van der Waals surface area contributed by atoms with E-state index < -0.39 is 4.92 Å². The molecular weight excluding hydrogens is 258 g/mol. The van der Waals surface area contributed by atoms with Gasteiger partial charge in [0.15, 0.2) is 0 Å². The molecule has 0 saturated heterocycles. The number of rotatable bonds is 6. The number of para-hydroxylation sites is 1. The molecule has 0 aromatic heterocycles. The minimum Gasteiger partial charge on any atom is -0.379 e. The molecule has 20 heavy (non-hydrogen) atoms. The lowest BCUT2D eigenvalue weighted by atomic mass is 9.93. The highest BCUT2D eigenvalue weighted by atomic mass is 16.6. The van der Waals surface area contributed by atoms with Crippen molar-refractivity contribution >= 4 is 17.3 Å². The van der Waals surface area contributed by atoms with Gasteiger partial charge in [0.25, 0.3) is 5.91 Å². The van der Waals surface area contributed by atoms with Crippen LogP contribution in [0.2, 0.25) is 0 Å². The van der Waals surface area contributed by atoms with Crippen LogP contribution in [0.4, 0.5) is 11.4 Å². The Kier molecular flexibility index (Phi) is 4.55. The number of carbonyl (C=O) groups is 1. The van der Waals surface area contributed by atoms with E-state index in [4.69, 9.17) is 0 Å². The van der Waals surface area contributed by atoms with Gasteiger partial charge in [0, 0.05) is 12.6 Å². The minimum absolute atomic E-state index is 0.128. The Bertz CT molecular complexity index is 512. The number of anilines is 1. The third-order valence-electron chi connectivity index (χ3n) is 3.47. The lowest BCUT2D eigenvalue weighted by Gasteiger charge is -2.26. The molecule has 0 aliphatic heterocycles. The first-order chi connectivity index (χ1) is 9.63. The third-order valence-corrected chi connectivity index (χ3v) is 3.47. The first kappa shape index (κ1) is 14.3. The highest BCUT2D eigenvalue weighted by Crippen LogP contribution is 2.29. The van der Waals surface area contributed by atoms with Crippen molar-refractivity contribution in [1.29, 1.82) is 0 Å². The highest BCUT2D eigenvalue weighted by Gasteiger charge is 2.27. The average Bonchev–Trinajstić information content (AvgIpc) is 2.39. The van der Waals surface area contributed by atoms with Gasteiger partial charge in [0.1, 0.15) is 11.3 Å². The third kappa shape index (κ3) is 3.07. The molecule has 6 heteroatoms. The van der Waals surface area contributed by atoms with Crippen molar-refractivity contribution in [3.63, 3.8) is 0 Å². The molecule has 108 valence electrons. The van der Waals surface area contributed by atoms with Crippen LogP contribution in [0.1, 0.15) is 43.0 Å². The van der Waals surface area contributed by atoms with E-state index in [1.807, 2.05) is 6.92 Å². The monoisotopic (exact) mass is 277 g/mol. The van der Waals surface area contributed by atoms with Gasteiger partial charge in [-0.3, -0.25) is 14.9 Å². The Labute approximate surface area is 117 Å². The number of nitrogens with zero attached hydrogens (tertiary/aromatic N) is 1. The molecule has 1 aromatic rings. The summed E-state index contributed by atoms with van der Waals surface area (Å²) in [7, 11) is 0. The zero-order chi connectivity index (χ0) is 14.5. The smallest absolute Gasteiger partial charge is 0.305 e. The normalized spacial score (nSPS) is 14.4. The highest BCUT2D eigenvalue weighted by molar-refractivity contribution is 6.00. The number of hydrogen-bond donors (Lipinski definition) is 2. The number of amides is 1. The molecule has 0 unspecified atom stereocenters. The summed E-state index contributed by atoms with van der Waals surface area (Å²) in [6.45, 7) is 2.61. The van der Waals surface area contributed by atoms with E-state index in [0.29, 0.717) is 12.2 Å². The molecule has 1 fully saturated rings. The van der Waals surface area contributed by atoms with Crippen LogP contribution >= 0.6 is 0 Å². The Morgan fingerprint density at radius 3 is 2.75 bits per heavy atom. The van der Waals surface area contributed by atoms with Crippen molar-refractivity contribution < 1.29 is 9.72 Å². The van der Waals surface area contributed by atoms with Gasteiger partial charge in [-0.2, -0.15) is 0 Å². The Hall–Kier alpha value is -2.11. The molecule has 0 radical (unpaired) electrons. The van der Waals surface area contributed by atoms with Crippen LogP contribution in [0.5, 0.6) is 0 Å². The second kappa shape index (κ2) is 6.36. The summed E-state index contributed by atoms with van der Waals surface area (Å²) < 4.78 is 0. The van der Waals surface area contributed by atoms with E-state index in [-0.39, 0.29) is 23.2 Å². The molecule has 0 bridgehead atoms. The van der Waals surface area contributed by atoms with Gasteiger partial charge in [-0.25, -0.2) is 0 Å². The number of hydrogen-bond acceptors (Lipinski definition) is 4. The van der Waals surface area contributed by atoms with Gasteiger partial charge < -0.3 is 10.6 Å². The van der Waals surface area contributed by atoms with Gasteiger partial charge in [-0.15, -0.1) is 0 Å². The molecular formula is C14H19N3O3. The lowest BCUT2D eigenvalue weighted by molar-refractivity contribution is -0.384. The molecule has 2 rings (SSSR count). The molecule has 6 nitrogen and oxygen atoms in total. The number of nitro groups is 1. The molecule has 0 atom stereocenters. The van der Waals surface area contributed by atoms with Crippen molar-refractivity contribution in [2.75, 3.05) is 11.9 Å². The first-order valence-electron chi connectivity index (χ1n) is 6.95. The Morgan fingerprint density at radius 1 is 1.45 bits per heavy atom. The van der Waals surface area contributed by atoms with Crippen LogP contribution in [0, 0.1) is 10.1 Å². The molecule has 0 spiro atoms. The van der Waals surface area contributed by atoms with Gasteiger partial charge in [0.05, 0.1) is 4.92 Å². The summed E-state index contributed by atoms with van der Waals surface area (Å²) in [5.41, 5.74) is 0.388. The molecule has 0 heterocycles. The van der Waals surface area contributed by atoms with E-state index in [1.54, 1.807) is 12.1 Å². The number of nitrogens with one attached hydrogen (secondary N) is 2. The second-order valence-electron chi connectivity index (χ2n) is 4.99. The summed E-state index contributed by atoms with van der Waals surface area (Å²) in [5, 5.41) is 17.1. The fourth-order valence-electron chi connectivity index (χ4n) is 2.14. The van der Waals surface area contributed by atoms with Gasteiger partial charge in [-0.05, 0) is 37.8 Å². The van der Waals surface area contributed by atoms with E-state index in [1.165, 1.54) is 6.07 Å². The van der Waals surface area contributed by atoms with Crippen LogP contribution in [-0.2, 0) is 0 Å². The summed E-state index contributed by atoms with van der Waals surface area (Å²) in [5.74, 6) is -0.360. The van der Waals surface area contributed by atoms with E-state index in [9.17, 15) is 14.9 Å². The summed E-state index contributed by atoms with van der Waals surface area (Å²) >= 11 is 0. The standard InChI is InChI=1S/C14H19N3O3/c1-2-9-15-12-8-4-7-11(13(12)17(19)20)14(18)16-10-5-3-6-10/h4,7-8,10,15H,2-3,5-6,9H2,1H3,(H,16,18). The Morgan fingerprint density at radius 2 is 2.20 bits per heavy atom. The molecule has 1 amide bonds. The maximum Gasteiger partial charge on any atom is 0.305 e. The van der Waals surface area contributed by atoms with E-state index in [2.05, 4.69) is 10.6 Å².